The van der Waals surface area contributed by atoms with Gasteiger partial charge < -0.3 is 10.1 Å². The van der Waals surface area contributed by atoms with Crippen molar-refractivity contribution in [3.63, 3.8) is 0 Å². The number of hydrogen-bond acceptors (Lipinski definition) is 4. The second kappa shape index (κ2) is 11.6. The molecule has 3 aromatic rings. The van der Waals surface area contributed by atoms with Gasteiger partial charge in [0.25, 0.3) is 5.91 Å². The number of hydrogen-bond donors (Lipinski definition) is 1. The van der Waals surface area contributed by atoms with Gasteiger partial charge in [-0.15, -0.1) is 0 Å². The Balaban J connectivity index is 1.54. The van der Waals surface area contributed by atoms with Crippen molar-refractivity contribution < 1.29 is 19.1 Å². The molecule has 0 saturated carbocycles. The van der Waals surface area contributed by atoms with Gasteiger partial charge in [-0.2, -0.15) is 0 Å². The Morgan fingerprint density at radius 1 is 0.909 bits per heavy atom. The van der Waals surface area contributed by atoms with Gasteiger partial charge in [-0.25, -0.2) is 0 Å². The molecule has 3 aromatic carbocycles. The maximum atomic E-state index is 12.9. The minimum absolute atomic E-state index is 0.0638. The second-order valence-corrected chi connectivity index (χ2v) is 8.38. The van der Waals surface area contributed by atoms with Crippen molar-refractivity contribution in [3.05, 3.63) is 87.9 Å². The molecule has 170 valence electrons. The topological polar surface area (TPSA) is 75.7 Å². The first-order valence-electron chi connectivity index (χ1n) is 10.2. The number of amides is 2. The lowest BCUT2D eigenvalue weighted by Crippen LogP contribution is -2.27. The molecule has 0 atom stereocenters. The van der Waals surface area contributed by atoms with Gasteiger partial charge >= 0.3 is 5.97 Å². The van der Waals surface area contributed by atoms with Crippen LogP contribution in [0.2, 0.25) is 5.02 Å². The predicted molar refractivity (Wildman–Crippen MR) is 133 cm³/mol. The zero-order chi connectivity index (χ0) is 23.8. The number of benzene rings is 3. The standard InChI is InChI=1S/C25H22BrClN2O4/c1-17-21(13-12-20(26)25(17)27)28-22(30)16-33-24(32)15-14-23(31)29(18-8-4-2-5-9-18)19-10-6-3-7-11-19/h2-13H,14-16H2,1H3,(H,28,30). The summed E-state index contributed by atoms with van der Waals surface area (Å²) in [6, 6.07) is 21.8. The zero-order valence-electron chi connectivity index (χ0n) is 17.9. The lowest BCUT2D eigenvalue weighted by molar-refractivity contribution is -0.148. The number of halogens is 2. The molecule has 2 amide bonds. The third kappa shape index (κ3) is 6.66. The van der Waals surface area contributed by atoms with Crippen LogP contribution in [0.5, 0.6) is 0 Å². The van der Waals surface area contributed by atoms with Crippen LogP contribution in [0.3, 0.4) is 0 Å². The number of ether oxygens (including phenoxy) is 1. The summed E-state index contributed by atoms with van der Waals surface area (Å²) in [5.41, 5.74) is 2.62. The van der Waals surface area contributed by atoms with Crippen LogP contribution in [-0.4, -0.2) is 24.4 Å². The number of esters is 1. The van der Waals surface area contributed by atoms with E-state index in [2.05, 4.69) is 21.2 Å². The van der Waals surface area contributed by atoms with Crippen molar-refractivity contribution in [2.24, 2.45) is 0 Å². The largest absolute Gasteiger partial charge is 0.456 e. The Morgan fingerprint density at radius 3 is 2.06 bits per heavy atom. The quantitative estimate of drug-likeness (QED) is 0.361. The lowest BCUT2D eigenvalue weighted by Gasteiger charge is -2.23. The van der Waals surface area contributed by atoms with Crippen LogP contribution < -0.4 is 10.2 Å². The van der Waals surface area contributed by atoms with E-state index < -0.39 is 18.5 Å². The van der Waals surface area contributed by atoms with Crippen LogP contribution in [0.4, 0.5) is 17.1 Å². The highest BCUT2D eigenvalue weighted by molar-refractivity contribution is 9.10. The monoisotopic (exact) mass is 528 g/mol. The summed E-state index contributed by atoms with van der Waals surface area (Å²) < 4.78 is 5.77. The number of nitrogens with one attached hydrogen (secondary N) is 1. The van der Waals surface area contributed by atoms with Gasteiger partial charge in [0.15, 0.2) is 6.61 Å². The molecule has 0 bridgehead atoms. The molecule has 0 spiro atoms. The summed E-state index contributed by atoms with van der Waals surface area (Å²) in [4.78, 5) is 38.8. The van der Waals surface area contributed by atoms with E-state index in [1.165, 1.54) is 0 Å². The summed E-state index contributed by atoms with van der Waals surface area (Å²) >= 11 is 9.48. The van der Waals surface area contributed by atoms with Crippen molar-refractivity contribution in [1.82, 2.24) is 0 Å². The van der Waals surface area contributed by atoms with Gasteiger partial charge in [-0.05, 0) is 64.8 Å². The summed E-state index contributed by atoms with van der Waals surface area (Å²) in [7, 11) is 0. The Morgan fingerprint density at radius 2 is 1.48 bits per heavy atom. The molecule has 1 N–H and O–H groups in total. The van der Waals surface area contributed by atoms with E-state index in [9.17, 15) is 14.4 Å². The molecule has 0 fully saturated rings. The number of rotatable bonds is 8. The van der Waals surface area contributed by atoms with Crippen LogP contribution in [0, 0.1) is 6.92 Å². The Bertz CT molecular complexity index is 1100. The Kier molecular flexibility index (Phi) is 8.63. The third-order valence-corrected chi connectivity index (χ3v) is 6.17. The highest BCUT2D eigenvalue weighted by Gasteiger charge is 2.19. The number of carbonyl (C=O) groups is 3. The van der Waals surface area contributed by atoms with Crippen LogP contribution in [0.25, 0.3) is 0 Å². The highest BCUT2D eigenvalue weighted by Crippen LogP contribution is 2.31. The molecule has 0 aliphatic rings. The molecular formula is C25H22BrClN2O4. The maximum Gasteiger partial charge on any atom is 0.306 e. The van der Waals surface area contributed by atoms with Crippen molar-refractivity contribution in [2.45, 2.75) is 19.8 Å². The lowest BCUT2D eigenvalue weighted by atomic mass is 10.2. The molecule has 0 radical (unpaired) electrons. The fourth-order valence-electron chi connectivity index (χ4n) is 3.10. The van der Waals surface area contributed by atoms with E-state index in [4.69, 9.17) is 16.3 Å². The van der Waals surface area contributed by atoms with Gasteiger partial charge in [0.2, 0.25) is 5.91 Å². The maximum absolute atomic E-state index is 12.9. The van der Waals surface area contributed by atoms with Gasteiger partial charge in [-0.3, -0.25) is 19.3 Å². The zero-order valence-corrected chi connectivity index (χ0v) is 20.2. The first-order chi connectivity index (χ1) is 15.9. The number of nitrogens with zero attached hydrogens (tertiary/aromatic N) is 1. The number of anilines is 3. The van der Waals surface area contributed by atoms with Gasteiger partial charge in [0.1, 0.15) is 0 Å². The molecule has 3 rings (SSSR count). The van der Waals surface area contributed by atoms with Crippen molar-refractivity contribution in [3.8, 4) is 0 Å². The average molecular weight is 530 g/mol. The predicted octanol–water partition coefficient (Wildman–Crippen LogP) is 6.04. The highest BCUT2D eigenvalue weighted by atomic mass is 79.9. The molecule has 0 aliphatic carbocycles. The molecule has 8 heteroatoms. The molecule has 0 saturated heterocycles. The van der Waals surface area contributed by atoms with Gasteiger partial charge in [0, 0.05) is 28.0 Å². The fraction of sp³-hybridized carbons (Fsp3) is 0.160. The van der Waals surface area contributed by atoms with Crippen molar-refractivity contribution >= 4 is 62.4 Å². The van der Waals surface area contributed by atoms with E-state index in [-0.39, 0.29) is 18.7 Å². The average Bonchev–Trinajstić information content (AvgIpc) is 2.83. The first kappa shape index (κ1) is 24.5. The molecule has 0 aromatic heterocycles. The fourth-order valence-corrected chi connectivity index (χ4v) is 3.70. The van der Waals surface area contributed by atoms with Crippen LogP contribution >= 0.6 is 27.5 Å². The van der Waals surface area contributed by atoms with Crippen LogP contribution in [0.15, 0.2) is 77.3 Å². The summed E-state index contributed by atoms with van der Waals surface area (Å²) in [6.07, 6.45) is -0.211. The molecule has 6 nitrogen and oxygen atoms in total. The van der Waals surface area contributed by atoms with Crippen LogP contribution in [0.1, 0.15) is 18.4 Å². The Labute approximate surface area is 205 Å². The van der Waals surface area contributed by atoms with E-state index in [1.54, 1.807) is 24.0 Å². The van der Waals surface area contributed by atoms with Crippen molar-refractivity contribution in [1.29, 1.82) is 0 Å². The smallest absolute Gasteiger partial charge is 0.306 e. The molecule has 0 heterocycles. The molecule has 0 aliphatic heterocycles. The van der Waals surface area contributed by atoms with E-state index in [0.717, 1.165) is 4.47 Å². The van der Waals surface area contributed by atoms with Gasteiger partial charge in [-0.1, -0.05) is 48.0 Å². The van der Waals surface area contributed by atoms with Gasteiger partial charge in [0.05, 0.1) is 11.4 Å². The minimum atomic E-state index is -0.634. The Hall–Kier alpha value is -3.16. The van der Waals surface area contributed by atoms with E-state index >= 15 is 0 Å². The first-order valence-corrected chi connectivity index (χ1v) is 11.4. The van der Waals surface area contributed by atoms with Crippen molar-refractivity contribution in [2.75, 3.05) is 16.8 Å². The molecule has 0 unspecified atom stereocenters. The van der Waals surface area contributed by atoms with Crippen LogP contribution in [-0.2, 0) is 19.1 Å². The number of para-hydroxylation sites is 2. The third-order valence-electron chi connectivity index (χ3n) is 4.80. The summed E-state index contributed by atoms with van der Waals surface area (Å²) in [5, 5.41) is 3.15. The second-order valence-electron chi connectivity index (χ2n) is 7.14. The SMILES string of the molecule is Cc1c(NC(=O)COC(=O)CCC(=O)N(c2ccccc2)c2ccccc2)ccc(Br)c1Cl. The number of carbonyl (C=O) groups excluding carboxylic acids is 3. The summed E-state index contributed by atoms with van der Waals surface area (Å²) in [6.45, 7) is 1.31. The van der Waals surface area contributed by atoms with E-state index in [1.807, 2.05) is 60.7 Å². The molecule has 33 heavy (non-hydrogen) atoms. The summed E-state index contributed by atoms with van der Waals surface area (Å²) in [5.74, 6) is -1.38. The van der Waals surface area contributed by atoms with E-state index in [0.29, 0.717) is 27.6 Å². The minimum Gasteiger partial charge on any atom is -0.456 e. The normalized spacial score (nSPS) is 10.4. The molecular weight excluding hydrogens is 508 g/mol.